The second kappa shape index (κ2) is 7.35. The first kappa shape index (κ1) is 12.9. The van der Waals surface area contributed by atoms with E-state index in [4.69, 9.17) is 5.73 Å². The van der Waals surface area contributed by atoms with Gasteiger partial charge in [-0.25, -0.2) is 0 Å². The molecule has 0 aromatic carbocycles. The second-order valence-corrected chi connectivity index (χ2v) is 3.55. The van der Waals surface area contributed by atoms with Gasteiger partial charge in [0.1, 0.15) is 0 Å². The van der Waals surface area contributed by atoms with Crippen molar-refractivity contribution in [2.24, 2.45) is 16.6 Å². The SMILES string of the molecule is COC(=O)C[C@@H](C)CCCN=C(C)N. The van der Waals surface area contributed by atoms with Gasteiger partial charge in [-0.3, -0.25) is 9.79 Å². The molecule has 0 aliphatic heterocycles. The number of hydrogen-bond acceptors (Lipinski definition) is 3. The van der Waals surface area contributed by atoms with E-state index in [0.29, 0.717) is 18.2 Å². The van der Waals surface area contributed by atoms with Gasteiger partial charge in [0.05, 0.1) is 12.9 Å². The van der Waals surface area contributed by atoms with Crippen LogP contribution in [0.25, 0.3) is 0 Å². The van der Waals surface area contributed by atoms with Crippen molar-refractivity contribution in [1.82, 2.24) is 0 Å². The second-order valence-electron chi connectivity index (χ2n) is 3.55. The van der Waals surface area contributed by atoms with Crippen LogP contribution >= 0.6 is 0 Å². The molecular formula is C10H20N2O2. The summed E-state index contributed by atoms with van der Waals surface area (Å²) in [6.07, 6.45) is 2.43. The van der Waals surface area contributed by atoms with E-state index in [1.165, 1.54) is 7.11 Å². The zero-order chi connectivity index (χ0) is 11.0. The Balaban J connectivity index is 3.49. The summed E-state index contributed by atoms with van der Waals surface area (Å²) < 4.78 is 4.58. The molecule has 4 heteroatoms. The molecule has 0 rings (SSSR count). The highest BCUT2D eigenvalue weighted by Gasteiger charge is 2.08. The first-order valence-corrected chi connectivity index (χ1v) is 4.89. The van der Waals surface area contributed by atoms with Crippen molar-refractivity contribution in [3.05, 3.63) is 0 Å². The van der Waals surface area contributed by atoms with Crippen LogP contribution in [0.3, 0.4) is 0 Å². The predicted octanol–water partition coefficient (Wildman–Crippen LogP) is 1.34. The Morgan fingerprint density at radius 2 is 2.21 bits per heavy atom. The van der Waals surface area contributed by atoms with Gasteiger partial charge in [0.2, 0.25) is 0 Å². The summed E-state index contributed by atoms with van der Waals surface area (Å²) in [5, 5.41) is 0. The zero-order valence-electron chi connectivity index (χ0n) is 9.25. The molecule has 0 amide bonds. The molecular weight excluding hydrogens is 180 g/mol. The van der Waals surface area contributed by atoms with Crippen LogP contribution in [0.2, 0.25) is 0 Å². The number of carbonyl (C=O) groups excluding carboxylic acids is 1. The number of nitrogens with zero attached hydrogens (tertiary/aromatic N) is 1. The fourth-order valence-corrected chi connectivity index (χ4v) is 1.17. The minimum atomic E-state index is -0.143. The van der Waals surface area contributed by atoms with Gasteiger partial charge in [-0.2, -0.15) is 0 Å². The van der Waals surface area contributed by atoms with Crippen LogP contribution < -0.4 is 5.73 Å². The molecule has 0 bridgehead atoms. The Morgan fingerprint density at radius 1 is 1.57 bits per heavy atom. The van der Waals surface area contributed by atoms with Crippen LogP contribution in [0, 0.1) is 5.92 Å². The number of rotatable bonds is 6. The quantitative estimate of drug-likeness (QED) is 0.304. The van der Waals surface area contributed by atoms with Crippen molar-refractivity contribution in [2.45, 2.75) is 33.1 Å². The van der Waals surface area contributed by atoms with Gasteiger partial charge in [0.15, 0.2) is 0 Å². The van der Waals surface area contributed by atoms with Gasteiger partial charge in [-0.05, 0) is 25.7 Å². The summed E-state index contributed by atoms with van der Waals surface area (Å²) >= 11 is 0. The number of nitrogens with two attached hydrogens (primary N) is 1. The highest BCUT2D eigenvalue weighted by Crippen LogP contribution is 2.10. The Bertz CT molecular complexity index is 198. The molecule has 2 N–H and O–H groups in total. The number of methoxy groups -OCH3 is 1. The van der Waals surface area contributed by atoms with Crippen molar-refractivity contribution < 1.29 is 9.53 Å². The van der Waals surface area contributed by atoms with Gasteiger partial charge in [0.25, 0.3) is 0 Å². The van der Waals surface area contributed by atoms with E-state index in [2.05, 4.69) is 9.73 Å². The first-order valence-electron chi connectivity index (χ1n) is 4.89. The number of hydrogen-bond donors (Lipinski definition) is 1. The fourth-order valence-electron chi connectivity index (χ4n) is 1.17. The summed E-state index contributed by atoms with van der Waals surface area (Å²) in [6.45, 7) is 4.56. The van der Waals surface area contributed by atoms with E-state index in [1.54, 1.807) is 6.92 Å². The van der Waals surface area contributed by atoms with Gasteiger partial charge < -0.3 is 10.5 Å². The third-order valence-electron chi connectivity index (χ3n) is 1.96. The Hall–Kier alpha value is -1.06. The van der Waals surface area contributed by atoms with Crippen molar-refractivity contribution in [1.29, 1.82) is 0 Å². The molecule has 0 aliphatic carbocycles. The molecule has 82 valence electrons. The van der Waals surface area contributed by atoms with Crippen LogP contribution in [0.4, 0.5) is 0 Å². The number of amidine groups is 1. The molecule has 0 aromatic heterocycles. The normalized spacial score (nSPS) is 13.8. The summed E-state index contributed by atoms with van der Waals surface area (Å²) in [6, 6.07) is 0. The van der Waals surface area contributed by atoms with Crippen molar-refractivity contribution >= 4 is 11.8 Å². The number of ether oxygens (including phenoxy) is 1. The predicted molar refractivity (Wildman–Crippen MR) is 57.2 cm³/mol. The van der Waals surface area contributed by atoms with E-state index in [9.17, 15) is 4.79 Å². The highest BCUT2D eigenvalue weighted by atomic mass is 16.5. The molecule has 0 saturated carbocycles. The van der Waals surface area contributed by atoms with Crippen LogP contribution in [-0.4, -0.2) is 25.5 Å². The third kappa shape index (κ3) is 7.58. The van der Waals surface area contributed by atoms with Crippen molar-refractivity contribution in [3.8, 4) is 0 Å². The van der Waals surface area contributed by atoms with Crippen LogP contribution in [-0.2, 0) is 9.53 Å². The molecule has 0 radical (unpaired) electrons. The molecule has 0 saturated heterocycles. The maximum atomic E-state index is 10.9. The lowest BCUT2D eigenvalue weighted by Gasteiger charge is -2.08. The number of aliphatic imine (C=N–C) groups is 1. The van der Waals surface area contributed by atoms with Gasteiger partial charge >= 0.3 is 5.97 Å². The lowest BCUT2D eigenvalue weighted by atomic mass is 10.0. The van der Waals surface area contributed by atoms with Gasteiger partial charge in [-0.15, -0.1) is 0 Å². The monoisotopic (exact) mass is 200 g/mol. The van der Waals surface area contributed by atoms with Crippen molar-refractivity contribution in [3.63, 3.8) is 0 Å². The average Bonchev–Trinajstić information content (AvgIpc) is 2.12. The van der Waals surface area contributed by atoms with Gasteiger partial charge in [0, 0.05) is 13.0 Å². The molecule has 0 heterocycles. The number of carbonyl (C=O) groups is 1. The molecule has 0 spiro atoms. The molecule has 0 unspecified atom stereocenters. The Morgan fingerprint density at radius 3 is 2.71 bits per heavy atom. The fraction of sp³-hybridized carbons (Fsp3) is 0.800. The third-order valence-corrected chi connectivity index (χ3v) is 1.96. The van der Waals surface area contributed by atoms with Crippen LogP contribution in [0.5, 0.6) is 0 Å². The van der Waals surface area contributed by atoms with Crippen molar-refractivity contribution in [2.75, 3.05) is 13.7 Å². The molecule has 14 heavy (non-hydrogen) atoms. The van der Waals surface area contributed by atoms with E-state index in [-0.39, 0.29) is 5.97 Å². The minimum Gasteiger partial charge on any atom is -0.469 e. The maximum absolute atomic E-state index is 10.9. The molecule has 4 nitrogen and oxygen atoms in total. The topological polar surface area (TPSA) is 64.7 Å². The zero-order valence-corrected chi connectivity index (χ0v) is 9.25. The molecule has 0 aliphatic rings. The Labute approximate surface area is 85.5 Å². The minimum absolute atomic E-state index is 0.143. The van der Waals surface area contributed by atoms with Crippen LogP contribution in [0.15, 0.2) is 4.99 Å². The largest absolute Gasteiger partial charge is 0.469 e. The summed E-state index contributed by atoms with van der Waals surface area (Å²) in [5.74, 6) is 0.831. The molecule has 0 aromatic rings. The lowest BCUT2D eigenvalue weighted by molar-refractivity contribution is -0.141. The van der Waals surface area contributed by atoms with E-state index in [1.807, 2.05) is 6.92 Å². The average molecular weight is 200 g/mol. The lowest BCUT2D eigenvalue weighted by Crippen LogP contribution is -2.09. The summed E-state index contributed by atoms with van der Waals surface area (Å²) in [7, 11) is 1.41. The highest BCUT2D eigenvalue weighted by molar-refractivity contribution is 5.77. The van der Waals surface area contributed by atoms with E-state index >= 15 is 0 Å². The van der Waals surface area contributed by atoms with E-state index < -0.39 is 0 Å². The first-order chi connectivity index (χ1) is 6.56. The molecule has 0 fully saturated rings. The smallest absolute Gasteiger partial charge is 0.305 e. The Kier molecular flexibility index (Phi) is 6.80. The standard InChI is InChI=1S/C10H20N2O2/c1-8(7-10(13)14-3)5-4-6-12-9(2)11/h8H,4-7H2,1-3H3,(H2,11,12)/t8-/m0/s1. The van der Waals surface area contributed by atoms with E-state index in [0.717, 1.165) is 19.4 Å². The van der Waals surface area contributed by atoms with Gasteiger partial charge in [-0.1, -0.05) is 6.92 Å². The summed E-state index contributed by atoms with van der Waals surface area (Å²) in [5.41, 5.74) is 5.39. The maximum Gasteiger partial charge on any atom is 0.305 e. The summed E-state index contributed by atoms with van der Waals surface area (Å²) in [4.78, 5) is 15.0. The number of esters is 1. The van der Waals surface area contributed by atoms with Crippen LogP contribution in [0.1, 0.15) is 33.1 Å². The molecule has 1 atom stereocenters.